The summed E-state index contributed by atoms with van der Waals surface area (Å²) in [6.45, 7) is 1.37. The van der Waals surface area contributed by atoms with E-state index in [0.717, 1.165) is 6.07 Å². The van der Waals surface area contributed by atoms with Gasteiger partial charge in [-0.25, -0.2) is 18.2 Å². The summed E-state index contributed by atoms with van der Waals surface area (Å²) in [5, 5.41) is 0. The highest BCUT2D eigenvalue weighted by molar-refractivity contribution is 5.26. The van der Waals surface area contributed by atoms with Crippen LogP contribution in [0.5, 0.6) is 5.88 Å². The van der Waals surface area contributed by atoms with Crippen molar-refractivity contribution in [1.29, 1.82) is 0 Å². The van der Waals surface area contributed by atoms with Gasteiger partial charge >= 0.3 is 0 Å². The van der Waals surface area contributed by atoms with E-state index in [2.05, 4.69) is 9.72 Å². The van der Waals surface area contributed by atoms with Crippen LogP contribution in [-0.2, 0) is 0 Å². The minimum atomic E-state index is -2.71. The average molecular weight is 191 g/mol. The van der Waals surface area contributed by atoms with E-state index in [4.69, 9.17) is 0 Å². The Balaban J connectivity index is 3.22. The molecule has 0 N–H and O–H groups in total. The Kier molecular flexibility index (Phi) is 2.75. The first-order chi connectivity index (χ1) is 6.06. The summed E-state index contributed by atoms with van der Waals surface area (Å²) in [5.74, 6) is -1.13. The lowest BCUT2D eigenvalue weighted by Gasteiger charge is -2.06. The van der Waals surface area contributed by atoms with Crippen LogP contribution in [0, 0.1) is 12.7 Å². The molecule has 0 atom stereocenters. The van der Waals surface area contributed by atoms with E-state index in [0.29, 0.717) is 0 Å². The Labute approximate surface area is 73.4 Å². The highest BCUT2D eigenvalue weighted by Crippen LogP contribution is 2.24. The van der Waals surface area contributed by atoms with Gasteiger partial charge in [0.15, 0.2) is 5.82 Å². The fourth-order valence-corrected chi connectivity index (χ4v) is 0.941. The van der Waals surface area contributed by atoms with Crippen LogP contribution in [0.4, 0.5) is 13.2 Å². The number of aromatic nitrogens is 1. The Morgan fingerprint density at radius 2 is 2.08 bits per heavy atom. The maximum atomic E-state index is 12.9. The van der Waals surface area contributed by atoms with Gasteiger partial charge in [-0.05, 0) is 18.6 Å². The van der Waals surface area contributed by atoms with Crippen molar-refractivity contribution >= 4 is 0 Å². The minimum absolute atomic E-state index is 0.119. The molecule has 0 bridgehead atoms. The van der Waals surface area contributed by atoms with E-state index in [9.17, 15) is 13.2 Å². The van der Waals surface area contributed by atoms with Crippen LogP contribution in [0.1, 0.15) is 17.7 Å². The molecular formula is C8H8F3NO. The monoisotopic (exact) mass is 191 g/mol. The minimum Gasteiger partial charge on any atom is -0.479 e. The van der Waals surface area contributed by atoms with Crippen molar-refractivity contribution in [3.63, 3.8) is 0 Å². The molecule has 72 valence electrons. The lowest BCUT2D eigenvalue weighted by Crippen LogP contribution is -2.00. The average Bonchev–Trinajstić information content (AvgIpc) is 2.03. The smallest absolute Gasteiger partial charge is 0.280 e. The summed E-state index contributed by atoms with van der Waals surface area (Å²) in [6.07, 6.45) is -2.71. The number of methoxy groups -OCH3 is 1. The molecule has 0 radical (unpaired) electrons. The number of rotatable bonds is 2. The summed E-state index contributed by atoms with van der Waals surface area (Å²) in [5.41, 5.74) is -0.327. The van der Waals surface area contributed by atoms with Crippen LogP contribution >= 0.6 is 0 Å². The zero-order valence-corrected chi connectivity index (χ0v) is 7.14. The van der Waals surface area contributed by atoms with Gasteiger partial charge in [-0.3, -0.25) is 0 Å². The molecule has 0 saturated heterocycles. The van der Waals surface area contributed by atoms with Crippen molar-refractivity contribution in [3.05, 3.63) is 23.1 Å². The summed E-state index contributed by atoms with van der Waals surface area (Å²) in [4.78, 5) is 3.34. The van der Waals surface area contributed by atoms with Gasteiger partial charge in [-0.2, -0.15) is 0 Å². The number of pyridine rings is 1. The van der Waals surface area contributed by atoms with E-state index < -0.39 is 23.8 Å². The van der Waals surface area contributed by atoms with Gasteiger partial charge in [-0.15, -0.1) is 0 Å². The highest BCUT2D eigenvalue weighted by Gasteiger charge is 2.16. The van der Waals surface area contributed by atoms with Gasteiger partial charge in [0.2, 0.25) is 0 Å². The van der Waals surface area contributed by atoms with Gasteiger partial charge in [0.05, 0.1) is 7.11 Å². The molecule has 0 fully saturated rings. The Bertz CT molecular complexity index is 315. The Hall–Kier alpha value is -1.26. The molecular weight excluding hydrogens is 183 g/mol. The number of hydrogen-bond donors (Lipinski definition) is 0. The predicted molar refractivity (Wildman–Crippen MR) is 40.4 cm³/mol. The second kappa shape index (κ2) is 3.64. The lowest BCUT2D eigenvalue weighted by molar-refractivity contribution is 0.143. The zero-order chi connectivity index (χ0) is 10.0. The molecule has 1 heterocycles. The molecule has 5 heteroatoms. The third-order valence-electron chi connectivity index (χ3n) is 1.57. The van der Waals surface area contributed by atoms with E-state index >= 15 is 0 Å². The number of aryl methyl sites for hydroxylation is 1. The van der Waals surface area contributed by atoms with Crippen molar-refractivity contribution in [2.75, 3.05) is 7.11 Å². The van der Waals surface area contributed by atoms with Crippen molar-refractivity contribution < 1.29 is 17.9 Å². The van der Waals surface area contributed by atoms with Crippen LogP contribution < -0.4 is 4.74 Å². The molecule has 1 aromatic heterocycles. The summed E-state index contributed by atoms with van der Waals surface area (Å²) >= 11 is 0. The third kappa shape index (κ3) is 1.91. The maximum Gasteiger partial charge on any atom is 0.280 e. The first kappa shape index (κ1) is 9.83. The first-order valence-corrected chi connectivity index (χ1v) is 3.55. The van der Waals surface area contributed by atoms with Crippen LogP contribution in [0.15, 0.2) is 6.07 Å². The topological polar surface area (TPSA) is 22.1 Å². The van der Waals surface area contributed by atoms with Crippen molar-refractivity contribution in [2.45, 2.75) is 13.3 Å². The maximum absolute atomic E-state index is 12.9. The molecule has 0 amide bonds. The molecule has 0 spiro atoms. The van der Waals surface area contributed by atoms with Crippen LogP contribution in [0.2, 0.25) is 0 Å². The largest absolute Gasteiger partial charge is 0.479 e. The molecule has 0 unspecified atom stereocenters. The standard InChI is InChI=1S/C8H8F3NO/c1-4-3-5(9)8(13-2)12-6(4)7(10)11/h3,7H,1-2H3. The molecule has 2 nitrogen and oxygen atoms in total. The van der Waals surface area contributed by atoms with Gasteiger partial charge in [0.25, 0.3) is 12.3 Å². The Morgan fingerprint density at radius 3 is 2.54 bits per heavy atom. The van der Waals surface area contributed by atoms with Gasteiger partial charge in [0.1, 0.15) is 5.69 Å². The molecule has 0 aromatic carbocycles. The number of halogens is 3. The summed E-state index contributed by atoms with van der Waals surface area (Å²) < 4.78 is 41.8. The Morgan fingerprint density at radius 1 is 1.46 bits per heavy atom. The fourth-order valence-electron chi connectivity index (χ4n) is 0.941. The van der Waals surface area contributed by atoms with Gasteiger partial charge < -0.3 is 4.74 Å². The molecule has 0 aliphatic heterocycles. The number of nitrogens with zero attached hydrogens (tertiary/aromatic N) is 1. The normalized spacial score (nSPS) is 10.6. The van der Waals surface area contributed by atoms with Gasteiger partial charge in [-0.1, -0.05) is 0 Å². The van der Waals surface area contributed by atoms with E-state index in [1.54, 1.807) is 0 Å². The van der Waals surface area contributed by atoms with Gasteiger partial charge in [0, 0.05) is 0 Å². The highest BCUT2D eigenvalue weighted by atomic mass is 19.3. The van der Waals surface area contributed by atoms with E-state index in [1.165, 1.54) is 14.0 Å². The second-order valence-electron chi connectivity index (χ2n) is 2.48. The van der Waals surface area contributed by atoms with Crippen molar-refractivity contribution in [3.8, 4) is 5.88 Å². The molecule has 1 aromatic rings. The first-order valence-electron chi connectivity index (χ1n) is 3.55. The van der Waals surface area contributed by atoms with Crippen LogP contribution in [0.25, 0.3) is 0 Å². The molecule has 0 aliphatic carbocycles. The molecule has 0 saturated carbocycles. The summed E-state index contributed by atoms with van der Waals surface area (Å²) in [6, 6.07) is 0.979. The predicted octanol–water partition coefficient (Wildman–Crippen LogP) is 2.48. The molecule has 1 rings (SSSR count). The second-order valence-corrected chi connectivity index (χ2v) is 2.48. The fraction of sp³-hybridized carbons (Fsp3) is 0.375. The summed E-state index contributed by atoms with van der Waals surface area (Å²) in [7, 11) is 1.18. The van der Waals surface area contributed by atoms with Crippen molar-refractivity contribution in [2.24, 2.45) is 0 Å². The molecule has 0 aliphatic rings. The SMILES string of the molecule is COc1nc(C(F)F)c(C)cc1F. The quantitative estimate of drug-likeness (QED) is 0.716. The van der Waals surface area contributed by atoms with E-state index in [-0.39, 0.29) is 5.56 Å². The van der Waals surface area contributed by atoms with Crippen LogP contribution in [-0.4, -0.2) is 12.1 Å². The third-order valence-corrected chi connectivity index (χ3v) is 1.57. The zero-order valence-electron chi connectivity index (χ0n) is 7.14. The lowest BCUT2D eigenvalue weighted by atomic mass is 10.2. The number of hydrogen-bond acceptors (Lipinski definition) is 2. The van der Waals surface area contributed by atoms with Crippen LogP contribution in [0.3, 0.4) is 0 Å². The van der Waals surface area contributed by atoms with Crippen molar-refractivity contribution in [1.82, 2.24) is 4.98 Å². The number of ether oxygens (including phenoxy) is 1. The molecule has 13 heavy (non-hydrogen) atoms. The number of alkyl halides is 2. The van der Waals surface area contributed by atoms with E-state index in [1.807, 2.05) is 0 Å².